The third kappa shape index (κ3) is 5.22. The number of anilines is 3. The second kappa shape index (κ2) is 9.49. The van der Waals surface area contributed by atoms with Crippen LogP contribution in [0.4, 0.5) is 16.7 Å². The number of carbonyl (C=O) groups excluding carboxylic acids is 1. The van der Waals surface area contributed by atoms with Crippen LogP contribution in [0.15, 0.2) is 75.6 Å². The highest BCUT2D eigenvalue weighted by Gasteiger charge is 2.08. The summed E-state index contributed by atoms with van der Waals surface area (Å²) in [5, 5.41) is 10.1. The van der Waals surface area contributed by atoms with Crippen molar-refractivity contribution in [2.45, 2.75) is 6.92 Å². The first-order chi connectivity index (χ1) is 15.5. The molecule has 0 radical (unpaired) electrons. The number of rotatable bonds is 7. The van der Waals surface area contributed by atoms with Gasteiger partial charge in [0.2, 0.25) is 0 Å². The van der Waals surface area contributed by atoms with Gasteiger partial charge in [-0.25, -0.2) is 10.4 Å². The van der Waals surface area contributed by atoms with Crippen molar-refractivity contribution in [1.82, 2.24) is 10.4 Å². The average molecular weight is 446 g/mol. The Morgan fingerprint density at radius 1 is 1.06 bits per heavy atom. The highest BCUT2D eigenvalue weighted by Crippen LogP contribution is 2.27. The predicted octanol–water partition coefficient (Wildman–Crippen LogP) is 5.29. The summed E-state index contributed by atoms with van der Waals surface area (Å²) >= 11 is 1.53. The van der Waals surface area contributed by atoms with Crippen LogP contribution < -0.4 is 15.6 Å². The molecule has 8 heteroatoms. The fourth-order valence-electron chi connectivity index (χ4n) is 2.89. The highest BCUT2D eigenvalue weighted by atomic mass is 32.1. The molecule has 0 aliphatic rings. The standard InChI is InChI=1S/C24H23N5O2S/c1-16-4-10-19(11-5-16)26-24-27-21(15-32-24)17-6-8-18(9-7-17)23(30)28-25-14-20-12-13-22(31-20)29(2)3/h4-15H,1-3H3,(H,26,27)(H,28,30)/b25-14-. The zero-order valence-electron chi connectivity index (χ0n) is 18.0. The maximum atomic E-state index is 12.3. The third-order valence-corrected chi connectivity index (χ3v) is 5.42. The summed E-state index contributed by atoms with van der Waals surface area (Å²) in [6.07, 6.45) is 1.47. The first-order valence-electron chi connectivity index (χ1n) is 9.98. The minimum Gasteiger partial charge on any atom is -0.440 e. The third-order valence-electron chi connectivity index (χ3n) is 4.66. The highest BCUT2D eigenvalue weighted by molar-refractivity contribution is 7.14. The predicted molar refractivity (Wildman–Crippen MR) is 130 cm³/mol. The fourth-order valence-corrected chi connectivity index (χ4v) is 3.63. The number of carbonyl (C=O) groups is 1. The maximum Gasteiger partial charge on any atom is 0.271 e. The van der Waals surface area contributed by atoms with Crippen molar-refractivity contribution in [3.8, 4) is 11.3 Å². The van der Waals surface area contributed by atoms with Gasteiger partial charge in [0.25, 0.3) is 5.91 Å². The summed E-state index contributed by atoms with van der Waals surface area (Å²) in [7, 11) is 3.77. The summed E-state index contributed by atoms with van der Waals surface area (Å²) in [6.45, 7) is 2.06. The Hall–Kier alpha value is -3.91. The largest absolute Gasteiger partial charge is 0.440 e. The quantitative estimate of drug-likeness (QED) is 0.299. The number of aryl methyl sites for hydroxylation is 1. The molecule has 0 aliphatic heterocycles. The fraction of sp³-hybridized carbons (Fsp3) is 0.125. The van der Waals surface area contributed by atoms with Crippen molar-refractivity contribution in [3.05, 3.63) is 82.9 Å². The molecule has 2 heterocycles. The molecule has 32 heavy (non-hydrogen) atoms. The van der Waals surface area contributed by atoms with Crippen molar-refractivity contribution in [2.75, 3.05) is 24.3 Å². The average Bonchev–Trinajstić information content (AvgIpc) is 3.45. The second-order valence-electron chi connectivity index (χ2n) is 7.38. The van der Waals surface area contributed by atoms with Gasteiger partial charge in [-0.15, -0.1) is 11.3 Å². The molecule has 162 valence electrons. The molecule has 0 atom stereocenters. The number of hydrogen-bond acceptors (Lipinski definition) is 7. The van der Waals surface area contributed by atoms with E-state index in [4.69, 9.17) is 4.42 Å². The normalized spacial score (nSPS) is 11.0. The van der Waals surface area contributed by atoms with E-state index in [1.54, 1.807) is 18.2 Å². The van der Waals surface area contributed by atoms with Gasteiger partial charge in [-0.05, 0) is 37.3 Å². The number of nitrogens with one attached hydrogen (secondary N) is 2. The Kier molecular flexibility index (Phi) is 6.32. The number of hydrogen-bond donors (Lipinski definition) is 2. The van der Waals surface area contributed by atoms with Crippen molar-refractivity contribution < 1.29 is 9.21 Å². The lowest BCUT2D eigenvalue weighted by Gasteiger charge is -2.05. The number of hydrazone groups is 1. The van der Waals surface area contributed by atoms with Crippen LogP contribution in [0, 0.1) is 6.92 Å². The molecule has 2 aromatic heterocycles. The molecular formula is C24H23N5O2S. The van der Waals surface area contributed by atoms with E-state index in [1.807, 2.05) is 54.7 Å². The Balaban J connectivity index is 1.36. The summed E-state index contributed by atoms with van der Waals surface area (Å²) in [4.78, 5) is 18.8. The molecular weight excluding hydrogens is 422 g/mol. The Morgan fingerprint density at radius 3 is 2.50 bits per heavy atom. The molecule has 2 N–H and O–H groups in total. The van der Waals surface area contributed by atoms with Gasteiger partial charge in [0, 0.05) is 42.4 Å². The Labute approximate surface area is 190 Å². The van der Waals surface area contributed by atoms with Crippen LogP contribution in [0.25, 0.3) is 11.3 Å². The molecule has 0 fully saturated rings. The molecule has 0 saturated carbocycles. The minimum absolute atomic E-state index is 0.299. The lowest BCUT2D eigenvalue weighted by Crippen LogP contribution is -2.17. The maximum absolute atomic E-state index is 12.3. The van der Waals surface area contributed by atoms with E-state index in [9.17, 15) is 4.79 Å². The number of aromatic nitrogens is 1. The van der Waals surface area contributed by atoms with Crippen molar-refractivity contribution in [2.24, 2.45) is 5.10 Å². The molecule has 2 aromatic carbocycles. The number of furan rings is 1. The van der Waals surface area contributed by atoms with Crippen LogP contribution in [-0.4, -0.2) is 31.2 Å². The van der Waals surface area contributed by atoms with Crippen LogP contribution in [0.1, 0.15) is 21.7 Å². The molecule has 1 amide bonds. The van der Waals surface area contributed by atoms with Crippen LogP contribution in [0.2, 0.25) is 0 Å². The summed E-state index contributed by atoms with van der Waals surface area (Å²) in [5.74, 6) is 0.975. The van der Waals surface area contributed by atoms with Gasteiger partial charge in [0.1, 0.15) is 5.76 Å². The van der Waals surface area contributed by atoms with Crippen LogP contribution in [0.3, 0.4) is 0 Å². The van der Waals surface area contributed by atoms with Crippen LogP contribution in [0.5, 0.6) is 0 Å². The molecule has 4 rings (SSSR count). The van der Waals surface area contributed by atoms with E-state index in [-0.39, 0.29) is 5.91 Å². The summed E-state index contributed by atoms with van der Waals surface area (Å²) < 4.78 is 5.56. The molecule has 0 aliphatic carbocycles. The first-order valence-corrected chi connectivity index (χ1v) is 10.9. The van der Waals surface area contributed by atoms with Gasteiger partial charge in [0.15, 0.2) is 11.0 Å². The van der Waals surface area contributed by atoms with Crippen molar-refractivity contribution >= 4 is 40.2 Å². The van der Waals surface area contributed by atoms with Gasteiger partial charge < -0.3 is 14.6 Å². The minimum atomic E-state index is -0.299. The summed E-state index contributed by atoms with van der Waals surface area (Å²) in [5.41, 5.74) is 7.02. The van der Waals surface area contributed by atoms with Crippen LogP contribution >= 0.6 is 11.3 Å². The van der Waals surface area contributed by atoms with E-state index in [0.29, 0.717) is 17.2 Å². The number of amides is 1. The first kappa shape index (κ1) is 21.3. The molecule has 0 unspecified atom stereocenters. The zero-order chi connectivity index (χ0) is 22.5. The van der Waals surface area contributed by atoms with E-state index < -0.39 is 0 Å². The van der Waals surface area contributed by atoms with Crippen molar-refractivity contribution in [1.29, 1.82) is 0 Å². The van der Waals surface area contributed by atoms with Gasteiger partial charge in [0.05, 0.1) is 11.9 Å². The SMILES string of the molecule is Cc1ccc(Nc2nc(-c3ccc(C(=O)N/N=C\c4ccc(N(C)C)o4)cc3)cs2)cc1. The number of thiazole rings is 1. The van der Waals surface area contributed by atoms with Gasteiger partial charge in [-0.3, -0.25) is 4.79 Å². The zero-order valence-corrected chi connectivity index (χ0v) is 18.8. The molecule has 0 spiro atoms. The lowest BCUT2D eigenvalue weighted by molar-refractivity contribution is 0.0955. The van der Waals surface area contributed by atoms with E-state index >= 15 is 0 Å². The number of nitrogens with zero attached hydrogens (tertiary/aromatic N) is 3. The monoisotopic (exact) mass is 445 g/mol. The van der Waals surface area contributed by atoms with E-state index in [1.165, 1.54) is 23.1 Å². The van der Waals surface area contributed by atoms with Crippen LogP contribution in [-0.2, 0) is 0 Å². The number of benzene rings is 2. The smallest absolute Gasteiger partial charge is 0.271 e. The molecule has 4 aromatic rings. The Morgan fingerprint density at radius 2 is 1.81 bits per heavy atom. The molecule has 0 saturated heterocycles. The molecule has 7 nitrogen and oxygen atoms in total. The topological polar surface area (TPSA) is 82.8 Å². The Bertz CT molecular complexity index is 1220. The second-order valence-corrected chi connectivity index (χ2v) is 8.23. The van der Waals surface area contributed by atoms with E-state index in [2.05, 4.69) is 39.9 Å². The lowest BCUT2D eigenvalue weighted by atomic mass is 10.1. The van der Waals surface area contributed by atoms with Gasteiger partial charge in [-0.1, -0.05) is 29.8 Å². The van der Waals surface area contributed by atoms with Crippen molar-refractivity contribution in [3.63, 3.8) is 0 Å². The van der Waals surface area contributed by atoms with E-state index in [0.717, 1.165) is 22.1 Å². The van der Waals surface area contributed by atoms with Gasteiger partial charge >= 0.3 is 0 Å². The summed E-state index contributed by atoms with van der Waals surface area (Å²) in [6, 6.07) is 19.0. The van der Waals surface area contributed by atoms with Gasteiger partial charge in [-0.2, -0.15) is 5.10 Å². The molecule has 0 bridgehead atoms.